The minimum Gasteiger partial charge on any atom is -0.496 e. The first kappa shape index (κ1) is 15.6. The molecule has 1 saturated heterocycles. The lowest BCUT2D eigenvalue weighted by molar-refractivity contribution is -0.147. The second kappa shape index (κ2) is 5.93. The van der Waals surface area contributed by atoms with E-state index in [9.17, 15) is 14.7 Å². The summed E-state index contributed by atoms with van der Waals surface area (Å²) in [5, 5.41) is 9.74. The number of carbonyl (C=O) groups excluding carboxylic acids is 1. The van der Waals surface area contributed by atoms with Crippen molar-refractivity contribution in [2.45, 2.75) is 19.8 Å². The number of aliphatic carboxylic acids is 1. The summed E-state index contributed by atoms with van der Waals surface area (Å²) >= 11 is 5.95. The Morgan fingerprint density at radius 1 is 1.48 bits per heavy atom. The van der Waals surface area contributed by atoms with Crippen molar-refractivity contribution < 1.29 is 19.4 Å². The van der Waals surface area contributed by atoms with Crippen LogP contribution in [0.15, 0.2) is 18.2 Å². The van der Waals surface area contributed by atoms with Crippen LogP contribution in [0.2, 0.25) is 5.02 Å². The number of ether oxygens (including phenoxy) is 1. The van der Waals surface area contributed by atoms with Gasteiger partial charge in [-0.1, -0.05) is 11.6 Å². The molecule has 1 aliphatic heterocycles. The summed E-state index contributed by atoms with van der Waals surface area (Å²) in [6.45, 7) is 2.37. The van der Waals surface area contributed by atoms with Crippen LogP contribution in [0.4, 0.5) is 0 Å². The summed E-state index contributed by atoms with van der Waals surface area (Å²) in [5.74, 6) is -0.369. The van der Waals surface area contributed by atoms with E-state index in [1.807, 2.05) is 0 Å². The van der Waals surface area contributed by atoms with Crippen LogP contribution in [-0.4, -0.2) is 42.1 Å². The molecule has 6 heteroatoms. The van der Waals surface area contributed by atoms with Crippen molar-refractivity contribution in [3.8, 4) is 5.75 Å². The average molecular weight is 312 g/mol. The first-order valence-corrected chi connectivity index (χ1v) is 7.07. The van der Waals surface area contributed by atoms with Gasteiger partial charge in [0.05, 0.1) is 18.9 Å². The third kappa shape index (κ3) is 3.29. The monoisotopic (exact) mass is 311 g/mol. The zero-order valence-corrected chi connectivity index (χ0v) is 12.8. The lowest BCUT2D eigenvalue weighted by Crippen LogP contribution is -2.35. The third-order valence-electron chi connectivity index (χ3n) is 3.93. The number of carboxylic acid groups (broad SMARTS) is 1. The molecule has 0 bridgehead atoms. The summed E-state index contributed by atoms with van der Waals surface area (Å²) in [6.07, 6.45) is 0.625. The maximum atomic E-state index is 12.3. The number of carboxylic acids is 1. The zero-order valence-electron chi connectivity index (χ0n) is 12.1. The van der Waals surface area contributed by atoms with Crippen molar-refractivity contribution in [3.63, 3.8) is 0 Å². The van der Waals surface area contributed by atoms with Crippen LogP contribution in [0, 0.1) is 5.41 Å². The van der Waals surface area contributed by atoms with E-state index in [1.54, 1.807) is 30.0 Å². The van der Waals surface area contributed by atoms with Crippen molar-refractivity contribution in [2.75, 3.05) is 20.2 Å². The highest BCUT2D eigenvalue weighted by molar-refractivity contribution is 6.30. The number of nitrogens with zero attached hydrogens (tertiary/aromatic N) is 1. The molecule has 1 heterocycles. The van der Waals surface area contributed by atoms with Gasteiger partial charge in [0.25, 0.3) is 0 Å². The van der Waals surface area contributed by atoms with Gasteiger partial charge in [-0.15, -0.1) is 0 Å². The van der Waals surface area contributed by atoms with E-state index >= 15 is 0 Å². The highest BCUT2D eigenvalue weighted by atomic mass is 35.5. The Labute approximate surface area is 128 Å². The van der Waals surface area contributed by atoms with E-state index in [1.165, 1.54) is 7.11 Å². The molecule has 114 valence electrons. The highest BCUT2D eigenvalue weighted by Crippen LogP contribution is 2.31. The molecule has 1 aromatic rings. The fraction of sp³-hybridized carbons (Fsp3) is 0.467. The van der Waals surface area contributed by atoms with Gasteiger partial charge in [0.1, 0.15) is 5.75 Å². The normalized spacial score (nSPS) is 21.4. The van der Waals surface area contributed by atoms with Gasteiger partial charge in [-0.25, -0.2) is 0 Å². The minimum absolute atomic E-state index is 0.111. The summed E-state index contributed by atoms with van der Waals surface area (Å²) in [7, 11) is 1.54. The van der Waals surface area contributed by atoms with Crippen LogP contribution in [0.5, 0.6) is 5.75 Å². The molecule has 0 saturated carbocycles. The molecule has 2 rings (SSSR count). The predicted octanol–water partition coefficient (Wildman–Crippen LogP) is 2.21. The summed E-state index contributed by atoms with van der Waals surface area (Å²) in [6, 6.07) is 5.12. The molecule has 1 atom stereocenters. The number of halogens is 1. The molecule has 21 heavy (non-hydrogen) atoms. The first-order valence-electron chi connectivity index (χ1n) is 6.69. The van der Waals surface area contributed by atoms with Gasteiger partial charge in [0.2, 0.25) is 5.91 Å². The highest BCUT2D eigenvalue weighted by Gasteiger charge is 2.42. The van der Waals surface area contributed by atoms with E-state index < -0.39 is 11.4 Å². The van der Waals surface area contributed by atoms with Gasteiger partial charge in [-0.05, 0) is 31.5 Å². The molecule has 0 spiro atoms. The largest absolute Gasteiger partial charge is 0.496 e. The van der Waals surface area contributed by atoms with E-state index in [0.717, 1.165) is 0 Å². The third-order valence-corrected chi connectivity index (χ3v) is 4.16. The van der Waals surface area contributed by atoms with Crippen molar-refractivity contribution in [3.05, 3.63) is 28.8 Å². The van der Waals surface area contributed by atoms with Gasteiger partial charge in [0.15, 0.2) is 0 Å². The Balaban J connectivity index is 2.10. The number of hydrogen-bond acceptors (Lipinski definition) is 3. The van der Waals surface area contributed by atoms with Crippen molar-refractivity contribution >= 4 is 23.5 Å². The van der Waals surface area contributed by atoms with Gasteiger partial charge in [-0.2, -0.15) is 0 Å². The van der Waals surface area contributed by atoms with Gasteiger partial charge >= 0.3 is 5.97 Å². The van der Waals surface area contributed by atoms with Crippen LogP contribution in [0.1, 0.15) is 18.9 Å². The molecule has 1 amide bonds. The van der Waals surface area contributed by atoms with Crippen LogP contribution in [0.3, 0.4) is 0 Å². The van der Waals surface area contributed by atoms with Crippen molar-refractivity contribution in [2.24, 2.45) is 5.41 Å². The smallest absolute Gasteiger partial charge is 0.311 e. The summed E-state index contributed by atoms with van der Waals surface area (Å²) in [5.41, 5.74) is -0.146. The van der Waals surface area contributed by atoms with Crippen LogP contribution < -0.4 is 4.74 Å². The maximum Gasteiger partial charge on any atom is 0.311 e. The Morgan fingerprint density at radius 2 is 2.19 bits per heavy atom. The number of rotatable bonds is 4. The van der Waals surface area contributed by atoms with E-state index in [-0.39, 0.29) is 18.9 Å². The number of amides is 1. The fourth-order valence-electron chi connectivity index (χ4n) is 2.51. The van der Waals surface area contributed by atoms with Crippen LogP contribution in [-0.2, 0) is 16.0 Å². The average Bonchev–Trinajstić information content (AvgIpc) is 2.83. The number of hydrogen-bond donors (Lipinski definition) is 1. The van der Waals surface area contributed by atoms with Gasteiger partial charge in [0, 0.05) is 23.7 Å². The summed E-state index contributed by atoms with van der Waals surface area (Å²) in [4.78, 5) is 25.2. The Kier molecular flexibility index (Phi) is 4.42. The molecular weight excluding hydrogens is 294 g/mol. The summed E-state index contributed by atoms with van der Waals surface area (Å²) < 4.78 is 5.22. The minimum atomic E-state index is -0.863. The second-order valence-electron chi connectivity index (χ2n) is 5.56. The molecule has 1 aromatic carbocycles. The predicted molar refractivity (Wildman–Crippen MR) is 78.6 cm³/mol. The molecule has 1 unspecified atom stereocenters. The molecule has 1 fully saturated rings. The van der Waals surface area contributed by atoms with Crippen molar-refractivity contribution in [1.29, 1.82) is 0 Å². The number of likely N-dealkylation sites (tertiary alicyclic amines) is 1. The number of methoxy groups -OCH3 is 1. The van der Waals surface area contributed by atoms with E-state index in [2.05, 4.69) is 0 Å². The quantitative estimate of drug-likeness (QED) is 0.926. The topological polar surface area (TPSA) is 66.8 Å². The van der Waals surface area contributed by atoms with Gasteiger partial charge < -0.3 is 14.7 Å². The van der Waals surface area contributed by atoms with E-state index in [4.69, 9.17) is 16.3 Å². The molecule has 5 nitrogen and oxygen atoms in total. The number of carbonyl (C=O) groups is 2. The lowest BCUT2D eigenvalue weighted by atomic mass is 9.90. The fourth-order valence-corrected chi connectivity index (χ4v) is 2.70. The Morgan fingerprint density at radius 3 is 2.76 bits per heavy atom. The number of benzene rings is 1. The standard InChI is InChI=1S/C15H18ClNO4/c1-15(14(19)20)5-6-17(9-15)13(18)8-10-7-11(16)3-4-12(10)21-2/h3-4,7H,5-6,8-9H2,1-2H3,(H,19,20). The molecule has 0 aliphatic carbocycles. The molecular formula is C15H18ClNO4. The van der Waals surface area contributed by atoms with Gasteiger partial charge in [-0.3, -0.25) is 9.59 Å². The zero-order chi connectivity index (χ0) is 15.6. The second-order valence-corrected chi connectivity index (χ2v) is 6.00. The van der Waals surface area contributed by atoms with Crippen LogP contribution in [0.25, 0.3) is 0 Å². The Bertz CT molecular complexity index is 575. The lowest BCUT2D eigenvalue weighted by Gasteiger charge is -2.20. The molecule has 1 N–H and O–H groups in total. The van der Waals surface area contributed by atoms with E-state index in [0.29, 0.717) is 29.3 Å². The Hall–Kier alpha value is -1.75. The first-order chi connectivity index (χ1) is 9.85. The molecule has 0 radical (unpaired) electrons. The molecule has 1 aliphatic rings. The SMILES string of the molecule is COc1ccc(Cl)cc1CC(=O)N1CCC(C)(C(=O)O)C1. The maximum absolute atomic E-state index is 12.3. The van der Waals surface area contributed by atoms with Crippen LogP contribution >= 0.6 is 11.6 Å². The van der Waals surface area contributed by atoms with Crippen molar-refractivity contribution in [1.82, 2.24) is 4.90 Å². The molecule has 0 aromatic heterocycles.